The second-order valence-electron chi connectivity index (χ2n) is 12.5. The molecule has 2 aliphatic rings. The lowest BCUT2D eigenvalue weighted by Crippen LogP contribution is -2.51. The lowest BCUT2D eigenvalue weighted by atomic mass is 9.82. The molecule has 234 valence electrons. The van der Waals surface area contributed by atoms with Crippen LogP contribution in [0, 0.1) is 5.92 Å². The number of carbonyl (C=O) groups is 1. The Kier molecular flexibility index (Phi) is 8.19. The Labute approximate surface area is 264 Å². The van der Waals surface area contributed by atoms with Crippen LogP contribution in [0.4, 0.5) is 5.69 Å². The van der Waals surface area contributed by atoms with Crippen LogP contribution in [0.15, 0.2) is 95.9 Å². The zero-order valence-corrected chi connectivity index (χ0v) is 27.4. The highest BCUT2D eigenvalue weighted by molar-refractivity contribution is 6.91. The van der Waals surface area contributed by atoms with Crippen molar-refractivity contribution in [1.82, 2.24) is 4.57 Å². The first-order chi connectivity index (χ1) is 21.7. The summed E-state index contributed by atoms with van der Waals surface area (Å²) < 4.78 is 19.1. The van der Waals surface area contributed by atoms with Crippen LogP contribution >= 0.6 is 0 Å². The van der Waals surface area contributed by atoms with E-state index in [1.165, 1.54) is 16.9 Å². The zero-order valence-electron chi connectivity index (χ0n) is 26.4. The van der Waals surface area contributed by atoms with E-state index in [0.717, 1.165) is 22.6 Å². The van der Waals surface area contributed by atoms with E-state index in [1.54, 1.807) is 25.4 Å². The van der Waals surface area contributed by atoms with Gasteiger partial charge in [-0.2, -0.15) is 0 Å². The molecular formula is C36H40N2O6Si. The van der Waals surface area contributed by atoms with Crippen LogP contribution in [0.2, 0.25) is 18.6 Å². The van der Waals surface area contributed by atoms with Crippen molar-refractivity contribution < 1.29 is 24.1 Å². The fourth-order valence-electron chi connectivity index (χ4n) is 7.60. The van der Waals surface area contributed by atoms with E-state index < -0.39 is 13.7 Å². The number of benzene rings is 3. The van der Waals surface area contributed by atoms with Crippen molar-refractivity contribution in [2.75, 3.05) is 25.7 Å². The smallest absolute Gasteiger partial charge is 0.297 e. The first kappa shape index (κ1) is 30.8. The molecule has 9 heteroatoms. The predicted molar refractivity (Wildman–Crippen MR) is 178 cm³/mol. The standard InChI is InChI=1S/C36H40N2O6Si/c1-24-33(45(4,5)28-18-16-27(42-2)17-19-28)31(20-22-39)44-36(24)29-9-6-7-10-30(29)38(35(36)41)23-25-12-14-26(15-13-25)37-21-8-11-32(43-3)34(37)40/h6-19,21,24,31,33,39H,20,22-23H2,1-5H3/t24-,31+,33-,36+/m0/s1. The number of anilines is 1. The SMILES string of the molecule is COc1ccc([Si](C)(C)[C@@H]2[C@@H](CCO)O[C@]3(C(=O)N(Cc4ccc(-n5cccc(OC)c5=O)cc4)c4ccccc43)[C@H]2C)cc1. The molecule has 0 unspecified atom stereocenters. The van der Waals surface area contributed by atoms with Crippen LogP contribution in [0.5, 0.6) is 11.5 Å². The summed E-state index contributed by atoms with van der Waals surface area (Å²) in [4.78, 5) is 29.3. The van der Waals surface area contributed by atoms with E-state index in [-0.39, 0.29) is 41.4 Å². The second-order valence-corrected chi connectivity index (χ2v) is 17.2. The third kappa shape index (κ3) is 4.99. The summed E-state index contributed by atoms with van der Waals surface area (Å²) in [5.41, 5.74) is 2.06. The summed E-state index contributed by atoms with van der Waals surface area (Å²) in [5.74, 6) is 0.877. The summed E-state index contributed by atoms with van der Waals surface area (Å²) in [7, 11) is 0.907. The number of aliphatic hydroxyl groups excluding tert-OH is 1. The van der Waals surface area contributed by atoms with Gasteiger partial charge in [0.1, 0.15) is 5.75 Å². The van der Waals surface area contributed by atoms with E-state index in [2.05, 4.69) is 32.2 Å². The molecule has 0 saturated carbocycles. The summed E-state index contributed by atoms with van der Waals surface area (Å²) in [6.45, 7) is 7.16. The maximum absolute atomic E-state index is 14.7. The quantitative estimate of drug-likeness (QED) is 0.264. The highest BCUT2D eigenvalue weighted by Gasteiger charge is 2.66. The molecule has 1 spiro atoms. The number of aromatic nitrogens is 1. The first-order valence-corrected chi connectivity index (χ1v) is 18.4. The fraction of sp³-hybridized carbons (Fsp3) is 0.333. The minimum atomic E-state index is -2.24. The van der Waals surface area contributed by atoms with Gasteiger partial charge in [-0.3, -0.25) is 14.2 Å². The third-order valence-corrected chi connectivity index (χ3v) is 14.2. The van der Waals surface area contributed by atoms with Gasteiger partial charge in [0.05, 0.1) is 40.6 Å². The van der Waals surface area contributed by atoms with Crippen LogP contribution in [-0.4, -0.2) is 50.6 Å². The minimum absolute atomic E-state index is 0.0145. The van der Waals surface area contributed by atoms with Gasteiger partial charge in [0.25, 0.3) is 11.5 Å². The number of aliphatic hydroxyl groups is 1. The molecule has 3 heterocycles. The maximum atomic E-state index is 14.7. The normalized spacial score (nSPS) is 22.6. The predicted octanol–water partition coefficient (Wildman–Crippen LogP) is 5.00. The van der Waals surface area contributed by atoms with Crippen molar-refractivity contribution in [2.45, 2.75) is 50.2 Å². The van der Waals surface area contributed by atoms with Crippen molar-refractivity contribution in [3.05, 3.63) is 113 Å². The molecule has 4 atom stereocenters. The highest BCUT2D eigenvalue weighted by Crippen LogP contribution is 2.60. The van der Waals surface area contributed by atoms with Crippen LogP contribution < -0.4 is 25.1 Å². The Bertz CT molecular complexity index is 1750. The van der Waals surface area contributed by atoms with Crippen LogP contribution in [0.3, 0.4) is 0 Å². The number of amides is 1. The molecule has 1 saturated heterocycles. The van der Waals surface area contributed by atoms with E-state index in [0.29, 0.717) is 18.7 Å². The van der Waals surface area contributed by atoms with Crippen molar-refractivity contribution in [3.8, 4) is 17.2 Å². The number of hydrogen-bond donors (Lipinski definition) is 1. The molecule has 0 aliphatic carbocycles. The van der Waals surface area contributed by atoms with Gasteiger partial charge in [-0.05, 0) is 60.0 Å². The molecule has 0 radical (unpaired) electrons. The van der Waals surface area contributed by atoms with Crippen molar-refractivity contribution in [2.24, 2.45) is 5.92 Å². The zero-order chi connectivity index (χ0) is 31.9. The van der Waals surface area contributed by atoms with Gasteiger partial charge in [0.15, 0.2) is 11.4 Å². The van der Waals surface area contributed by atoms with Gasteiger partial charge >= 0.3 is 0 Å². The lowest BCUT2D eigenvalue weighted by molar-refractivity contribution is -0.146. The van der Waals surface area contributed by atoms with Gasteiger partial charge in [0.2, 0.25) is 0 Å². The summed E-state index contributed by atoms with van der Waals surface area (Å²) in [6, 6.07) is 27.2. The fourth-order valence-corrected chi connectivity index (χ4v) is 11.7. The summed E-state index contributed by atoms with van der Waals surface area (Å²) >= 11 is 0. The average molecular weight is 625 g/mol. The Morgan fingerprint density at radius 3 is 2.29 bits per heavy atom. The topological polar surface area (TPSA) is 90.2 Å². The number of methoxy groups -OCH3 is 2. The van der Waals surface area contributed by atoms with E-state index >= 15 is 0 Å². The number of nitrogens with zero attached hydrogens (tertiary/aromatic N) is 2. The Morgan fingerprint density at radius 1 is 0.911 bits per heavy atom. The Hall–Kier alpha value is -4.18. The van der Waals surface area contributed by atoms with Crippen molar-refractivity contribution >= 4 is 24.9 Å². The average Bonchev–Trinajstić information content (AvgIpc) is 3.48. The molecular weight excluding hydrogens is 584 g/mol. The first-order valence-electron chi connectivity index (χ1n) is 15.4. The molecule has 1 N–H and O–H groups in total. The molecule has 2 aliphatic heterocycles. The maximum Gasteiger partial charge on any atom is 0.297 e. The van der Waals surface area contributed by atoms with E-state index in [4.69, 9.17) is 14.2 Å². The van der Waals surface area contributed by atoms with Crippen LogP contribution in [-0.2, 0) is 21.7 Å². The van der Waals surface area contributed by atoms with Crippen LogP contribution in [0.1, 0.15) is 24.5 Å². The van der Waals surface area contributed by atoms with Gasteiger partial charge in [-0.25, -0.2) is 0 Å². The number of carbonyl (C=O) groups excluding carboxylic acids is 1. The molecule has 45 heavy (non-hydrogen) atoms. The van der Waals surface area contributed by atoms with Gasteiger partial charge in [0, 0.05) is 30.0 Å². The molecule has 0 bridgehead atoms. The Balaban J connectivity index is 1.34. The number of hydrogen-bond acceptors (Lipinski definition) is 6. The largest absolute Gasteiger partial charge is 0.497 e. The van der Waals surface area contributed by atoms with Crippen molar-refractivity contribution in [3.63, 3.8) is 0 Å². The lowest BCUT2D eigenvalue weighted by Gasteiger charge is -2.37. The van der Waals surface area contributed by atoms with Crippen LogP contribution in [0.25, 0.3) is 5.69 Å². The third-order valence-electron chi connectivity index (χ3n) is 9.84. The van der Waals surface area contributed by atoms with Gasteiger partial charge in [-0.15, -0.1) is 0 Å². The second kappa shape index (κ2) is 12.0. The Morgan fingerprint density at radius 2 is 1.62 bits per heavy atom. The molecule has 1 amide bonds. The highest BCUT2D eigenvalue weighted by atomic mass is 28.3. The van der Waals surface area contributed by atoms with Gasteiger partial charge < -0.3 is 24.2 Å². The molecule has 8 nitrogen and oxygen atoms in total. The summed E-state index contributed by atoms with van der Waals surface area (Å²) in [6.07, 6.45) is 1.90. The number of ether oxygens (including phenoxy) is 3. The monoisotopic (exact) mass is 624 g/mol. The molecule has 4 aromatic rings. The van der Waals surface area contributed by atoms with E-state index in [9.17, 15) is 14.7 Å². The number of rotatable bonds is 9. The summed E-state index contributed by atoms with van der Waals surface area (Å²) in [5, 5.41) is 11.4. The number of fused-ring (bicyclic) bond motifs is 2. The van der Waals surface area contributed by atoms with Crippen molar-refractivity contribution in [1.29, 1.82) is 0 Å². The van der Waals surface area contributed by atoms with Gasteiger partial charge in [-0.1, -0.05) is 67.7 Å². The number of para-hydroxylation sites is 1. The van der Waals surface area contributed by atoms with E-state index in [1.807, 2.05) is 65.6 Å². The minimum Gasteiger partial charge on any atom is -0.497 e. The molecule has 1 fully saturated rings. The molecule has 6 rings (SSSR count). The number of pyridine rings is 1. The molecule has 3 aromatic carbocycles. The molecule has 1 aromatic heterocycles.